The Hall–Kier alpha value is -1.14. The van der Waals surface area contributed by atoms with Gasteiger partial charge in [0.05, 0.1) is 13.1 Å². The van der Waals surface area contributed by atoms with Crippen molar-refractivity contribution in [3.63, 3.8) is 0 Å². The molecule has 0 aromatic rings. The Labute approximate surface area is 121 Å². The van der Waals surface area contributed by atoms with Crippen molar-refractivity contribution in [1.82, 2.24) is 20.4 Å². The predicted octanol–water partition coefficient (Wildman–Crippen LogP) is -0.345. The van der Waals surface area contributed by atoms with Gasteiger partial charge in [-0.3, -0.25) is 14.5 Å². The van der Waals surface area contributed by atoms with Gasteiger partial charge < -0.3 is 15.5 Å². The zero-order valence-electron chi connectivity index (χ0n) is 12.9. The Morgan fingerprint density at radius 1 is 1.25 bits per heavy atom. The Balaban J connectivity index is 2.41. The molecule has 0 aromatic heterocycles. The smallest absolute Gasteiger partial charge is 0.236 e. The number of carbonyl (C=O) groups is 2. The minimum absolute atomic E-state index is 0.0211. The molecule has 1 aliphatic heterocycles. The molecule has 0 aromatic carbocycles. The summed E-state index contributed by atoms with van der Waals surface area (Å²) in [6.45, 7) is 10.5. The van der Waals surface area contributed by atoms with Crippen LogP contribution in [0.3, 0.4) is 0 Å². The van der Waals surface area contributed by atoms with Gasteiger partial charge in [0.25, 0.3) is 0 Å². The number of amides is 2. The zero-order chi connectivity index (χ0) is 15.0. The molecule has 1 rings (SSSR count). The van der Waals surface area contributed by atoms with Crippen molar-refractivity contribution in [2.24, 2.45) is 0 Å². The van der Waals surface area contributed by atoms with Crippen molar-refractivity contribution < 1.29 is 9.59 Å². The summed E-state index contributed by atoms with van der Waals surface area (Å²) in [4.78, 5) is 27.8. The van der Waals surface area contributed by atoms with E-state index in [1.807, 2.05) is 30.6 Å². The second-order valence-electron chi connectivity index (χ2n) is 5.51. The Kier molecular flexibility index (Phi) is 7.54. The third kappa shape index (κ3) is 6.34. The van der Waals surface area contributed by atoms with E-state index in [1.165, 1.54) is 0 Å². The van der Waals surface area contributed by atoms with Crippen molar-refractivity contribution >= 4 is 11.8 Å². The van der Waals surface area contributed by atoms with Gasteiger partial charge in [-0.25, -0.2) is 0 Å². The molecule has 0 saturated carbocycles. The fourth-order valence-corrected chi connectivity index (χ4v) is 2.24. The second-order valence-corrected chi connectivity index (χ2v) is 5.51. The zero-order valence-corrected chi connectivity index (χ0v) is 12.9. The first-order chi connectivity index (χ1) is 9.52. The Morgan fingerprint density at radius 2 is 2.00 bits per heavy atom. The molecular weight excluding hydrogens is 256 g/mol. The van der Waals surface area contributed by atoms with Gasteiger partial charge in [-0.2, -0.15) is 0 Å². The van der Waals surface area contributed by atoms with E-state index in [0.29, 0.717) is 13.1 Å². The molecule has 0 bridgehead atoms. The molecule has 2 N–H and O–H groups in total. The van der Waals surface area contributed by atoms with Gasteiger partial charge in [0.15, 0.2) is 0 Å². The van der Waals surface area contributed by atoms with Crippen LogP contribution in [0.15, 0.2) is 0 Å². The second kappa shape index (κ2) is 8.92. The highest BCUT2D eigenvalue weighted by molar-refractivity contribution is 5.81. The van der Waals surface area contributed by atoms with Gasteiger partial charge in [-0.05, 0) is 33.4 Å². The van der Waals surface area contributed by atoms with E-state index in [0.717, 1.165) is 32.6 Å². The molecule has 0 radical (unpaired) electrons. The van der Waals surface area contributed by atoms with E-state index in [2.05, 4.69) is 10.6 Å². The summed E-state index contributed by atoms with van der Waals surface area (Å²) >= 11 is 0. The maximum absolute atomic E-state index is 12.2. The Bertz CT molecular complexity index is 312. The number of nitrogens with one attached hydrogen (secondary N) is 2. The molecule has 0 atom stereocenters. The van der Waals surface area contributed by atoms with Crippen LogP contribution in [0.1, 0.15) is 27.2 Å². The molecule has 1 saturated heterocycles. The molecule has 0 aliphatic carbocycles. The average molecular weight is 284 g/mol. The highest BCUT2D eigenvalue weighted by Crippen LogP contribution is 1.99. The van der Waals surface area contributed by atoms with Crippen molar-refractivity contribution in [1.29, 1.82) is 0 Å². The van der Waals surface area contributed by atoms with E-state index >= 15 is 0 Å². The topological polar surface area (TPSA) is 64.7 Å². The van der Waals surface area contributed by atoms with Gasteiger partial charge >= 0.3 is 0 Å². The first-order valence-corrected chi connectivity index (χ1v) is 7.53. The minimum atomic E-state index is -0.0211. The van der Waals surface area contributed by atoms with Gasteiger partial charge in [0.2, 0.25) is 11.8 Å². The van der Waals surface area contributed by atoms with Crippen molar-refractivity contribution in [2.45, 2.75) is 33.2 Å². The molecule has 6 nitrogen and oxygen atoms in total. The summed E-state index contributed by atoms with van der Waals surface area (Å²) in [6.07, 6.45) is 0.992. The summed E-state index contributed by atoms with van der Waals surface area (Å²) in [5.41, 5.74) is 0. The number of nitrogens with zero attached hydrogens (tertiary/aromatic N) is 2. The fourth-order valence-electron chi connectivity index (χ4n) is 2.24. The molecule has 1 heterocycles. The first-order valence-electron chi connectivity index (χ1n) is 7.53. The quantitative estimate of drug-likeness (QED) is 0.700. The lowest BCUT2D eigenvalue weighted by Gasteiger charge is -2.25. The lowest BCUT2D eigenvalue weighted by Crippen LogP contribution is -2.46. The molecule has 2 amide bonds. The van der Waals surface area contributed by atoms with E-state index in [4.69, 9.17) is 0 Å². The normalized spacial score (nSPS) is 16.4. The molecule has 6 heteroatoms. The van der Waals surface area contributed by atoms with Gasteiger partial charge in [-0.1, -0.05) is 6.92 Å². The summed E-state index contributed by atoms with van der Waals surface area (Å²) in [5, 5.41) is 6.14. The molecule has 0 spiro atoms. The van der Waals surface area contributed by atoms with Crippen LogP contribution in [0.4, 0.5) is 0 Å². The summed E-state index contributed by atoms with van der Waals surface area (Å²) in [6, 6.07) is 0.133. The first kappa shape index (κ1) is 16.9. The lowest BCUT2D eigenvalue weighted by molar-refractivity contribution is -0.133. The van der Waals surface area contributed by atoms with Gasteiger partial charge in [0.1, 0.15) is 0 Å². The minimum Gasteiger partial charge on any atom is -0.353 e. The number of hydrogen-bond acceptors (Lipinski definition) is 4. The van der Waals surface area contributed by atoms with Crippen LogP contribution >= 0.6 is 0 Å². The molecule has 1 fully saturated rings. The third-order valence-corrected chi connectivity index (χ3v) is 3.32. The van der Waals surface area contributed by atoms with E-state index in [1.54, 1.807) is 0 Å². The van der Waals surface area contributed by atoms with Gasteiger partial charge in [0, 0.05) is 25.7 Å². The highest BCUT2D eigenvalue weighted by Gasteiger charge is 2.19. The largest absolute Gasteiger partial charge is 0.353 e. The average Bonchev–Trinajstić information content (AvgIpc) is 2.65. The third-order valence-electron chi connectivity index (χ3n) is 3.32. The number of likely N-dealkylation sites (N-methyl/N-ethyl adjacent to an activating group) is 1. The van der Waals surface area contributed by atoms with Crippen LogP contribution in [-0.2, 0) is 9.59 Å². The molecular formula is C14H28N4O2. The maximum atomic E-state index is 12.2. The van der Waals surface area contributed by atoms with Gasteiger partial charge in [-0.15, -0.1) is 0 Å². The summed E-state index contributed by atoms with van der Waals surface area (Å²) < 4.78 is 0. The Morgan fingerprint density at radius 3 is 2.65 bits per heavy atom. The van der Waals surface area contributed by atoms with Crippen LogP contribution in [0.5, 0.6) is 0 Å². The SMILES string of the molecule is CCN(CC(=O)NC(C)C)CC(=O)N1CCCNCC1. The van der Waals surface area contributed by atoms with E-state index < -0.39 is 0 Å². The fraction of sp³-hybridized carbons (Fsp3) is 0.857. The highest BCUT2D eigenvalue weighted by atomic mass is 16.2. The lowest BCUT2D eigenvalue weighted by atomic mass is 10.3. The van der Waals surface area contributed by atoms with Crippen LogP contribution < -0.4 is 10.6 Å². The van der Waals surface area contributed by atoms with Crippen LogP contribution in [0, 0.1) is 0 Å². The molecule has 0 unspecified atom stereocenters. The summed E-state index contributed by atoms with van der Waals surface area (Å²) in [7, 11) is 0. The monoisotopic (exact) mass is 284 g/mol. The van der Waals surface area contributed by atoms with Crippen LogP contribution in [0.2, 0.25) is 0 Å². The van der Waals surface area contributed by atoms with Crippen LogP contribution in [-0.4, -0.2) is 73.5 Å². The number of hydrogen-bond donors (Lipinski definition) is 2. The van der Waals surface area contributed by atoms with Crippen molar-refractivity contribution in [3.05, 3.63) is 0 Å². The van der Waals surface area contributed by atoms with Crippen molar-refractivity contribution in [3.8, 4) is 0 Å². The van der Waals surface area contributed by atoms with Crippen molar-refractivity contribution in [2.75, 3.05) is 45.8 Å². The van der Waals surface area contributed by atoms with Crippen LogP contribution in [0.25, 0.3) is 0 Å². The molecule has 116 valence electrons. The number of rotatable bonds is 6. The molecule has 1 aliphatic rings. The maximum Gasteiger partial charge on any atom is 0.236 e. The summed E-state index contributed by atoms with van der Waals surface area (Å²) in [5.74, 6) is 0.0973. The molecule has 20 heavy (non-hydrogen) atoms. The standard InChI is InChI=1S/C14H28N4O2/c1-4-17(10-13(19)16-12(2)3)11-14(20)18-8-5-6-15-7-9-18/h12,15H,4-11H2,1-3H3,(H,16,19). The van der Waals surface area contributed by atoms with E-state index in [9.17, 15) is 9.59 Å². The predicted molar refractivity (Wildman–Crippen MR) is 79.5 cm³/mol. The number of carbonyl (C=O) groups excluding carboxylic acids is 2. The van der Waals surface area contributed by atoms with E-state index in [-0.39, 0.29) is 24.4 Å².